The number of oxazole rings is 1. The van der Waals surface area contributed by atoms with E-state index in [1.165, 1.54) is 11.1 Å². The molecular formula is C22H20N4O2. The number of carbonyl (C=O) groups is 1. The first-order chi connectivity index (χ1) is 13.6. The fourth-order valence-corrected chi connectivity index (χ4v) is 4.05. The standard InChI is InChI=1S/C22H20N4O2/c1-13-9-14(2)26-7-5-19(20(26)24-13)21(27)25-18-11-15-3-4-16(10-17(15)12-18)22-23-6-8-28-22/h3-10,18H,11-12H2,1-2H3,(H,25,27). The lowest BCUT2D eigenvalue weighted by molar-refractivity contribution is 0.0940. The van der Waals surface area contributed by atoms with Crippen LogP contribution in [-0.2, 0) is 12.8 Å². The average Bonchev–Trinajstić information content (AvgIpc) is 3.39. The highest BCUT2D eigenvalue weighted by Gasteiger charge is 2.25. The second-order valence-corrected chi connectivity index (χ2v) is 7.36. The van der Waals surface area contributed by atoms with Gasteiger partial charge in [0.15, 0.2) is 0 Å². The SMILES string of the molecule is Cc1cc(C)n2ccc(C(=O)NC3Cc4ccc(-c5ncco5)cc4C3)c2n1. The van der Waals surface area contributed by atoms with Crippen molar-refractivity contribution in [1.29, 1.82) is 0 Å². The van der Waals surface area contributed by atoms with E-state index in [4.69, 9.17) is 4.42 Å². The molecule has 0 saturated carbocycles. The number of fused-ring (bicyclic) bond motifs is 2. The van der Waals surface area contributed by atoms with Gasteiger partial charge in [-0.1, -0.05) is 6.07 Å². The molecule has 0 bridgehead atoms. The summed E-state index contributed by atoms with van der Waals surface area (Å²) in [4.78, 5) is 21.7. The lowest BCUT2D eigenvalue weighted by Gasteiger charge is -2.11. The van der Waals surface area contributed by atoms with Gasteiger partial charge in [-0.25, -0.2) is 9.97 Å². The molecule has 5 rings (SSSR count). The van der Waals surface area contributed by atoms with Crippen LogP contribution in [0.15, 0.2) is 53.4 Å². The van der Waals surface area contributed by atoms with Gasteiger partial charge in [0, 0.05) is 29.2 Å². The van der Waals surface area contributed by atoms with Gasteiger partial charge < -0.3 is 14.1 Å². The monoisotopic (exact) mass is 372 g/mol. The van der Waals surface area contributed by atoms with Gasteiger partial charge in [-0.05, 0) is 62.1 Å². The lowest BCUT2D eigenvalue weighted by Crippen LogP contribution is -2.35. The number of hydrogen-bond acceptors (Lipinski definition) is 4. The molecule has 0 radical (unpaired) electrons. The zero-order valence-corrected chi connectivity index (χ0v) is 15.8. The average molecular weight is 372 g/mol. The maximum atomic E-state index is 12.9. The van der Waals surface area contributed by atoms with E-state index in [0.29, 0.717) is 17.1 Å². The molecule has 1 aliphatic rings. The number of aryl methyl sites for hydroxylation is 2. The van der Waals surface area contributed by atoms with Crippen LogP contribution in [0.1, 0.15) is 32.9 Å². The molecular weight excluding hydrogens is 352 g/mol. The molecule has 28 heavy (non-hydrogen) atoms. The molecule has 3 heterocycles. The van der Waals surface area contributed by atoms with Crippen LogP contribution in [0.2, 0.25) is 0 Å². The largest absolute Gasteiger partial charge is 0.445 e. The van der Waals surface area contributed by atoms with Crippen LogP contribution in [0.4, 0.5) is 0 Å². The van der Waals surface area contributed by atoms with Gasteiger partial charge in [0.1, 0.15) is 11.9 Å². The van der Waals surface area contributed by atoms with Crippen LogP contribution < -0.4 is 5.32 Å². The topological polar surface area (TPSA) is 72.4 Å². The quantitative estimate of drug-likeness (QED) is 0.597. The van der Waals surface area contributed by atoms with Gasteiger partial charge in [0.25, 0.3) is 5.91 Å². The number of hydrogen-bond donors (Lipinski definition) is 1. The normalized spacial score (nSPS) is 15.7. The molecule has 1 aromatic carbocycles. The van der Waals surface area contributed by atoms with Crippen molar-refractivity contribution in [3.8, 4) is 11.5 Å². The second-order valence-electron chi connectivity index (χ2n) is 7.36. The molecule has 1 unspecified atom stereocenters. The number of carbonyl (C=O) groups excluding carboxylic acids is 1. The van der Waals surface area contributed by atoms with Crippen molar-refractivity contribution in [2.75, 3.05) is 0 Å². The van der Waals surface area contributed by atoms with Crippen molar-refractivity contribution in [2.24, 2.45) is 0 Å². The molecule has 0 spiro atoms. The van der Waals surface area contributed by atoms with Crippen molar-refractivity contribution in [1.82, 2.24) is 19.7 Å². The molecule has 6 heteroatoms. The van der Waals surface area contributed by atoms with Gasteiger partial charge in [0.05, 0.1) is 11.8 Å². The third-order valence-corrected chi connectivity index (χ3v) is 5.34. The fourth-order valence-electron chi connectivity index (χ4n) is 4.05. The maximum absolute atomic E-state index is 12.9. The summed E-state index contributed by atoms with van der Waals surface area (Å²) in [5.41, 5.74) is 6.74. The molecule has 3 aromatic heterocycles. The van der Waals surface area contributed by atoms with E-state index in [1.807, 2.05) is 42.6 Å². The number of amides is 1. The Balaban J connectivity index is 1.36. The number of nitrogens with one attached hydrogen (secondary N) is 1. The Hall–Kier alpha value is -3.41. The number of aromatic nitrogens is 3. The van der Waals surface area contributed by atoms with Crippen LogP contribution >= 0.6 is 0 Å². The van der Waals surface area contributed by atoms with E-state index in [0.717, 1.165) is 29.8 Å². The first kappa shape index (κ1) is 16.7. The van der Waals surface area contributed by atoms with E-state index in [-0.39, 0.29) is 11.9 Å². The third kappa shape index (κ3) is 2.78. The number of nitrogens with zero attached hydrogens (tertiary/aromatic N) is 3. The summed E-state index contributed by atoms with van der Waals surface area (Å²) in [5, 5.41) is 3.18. The molecule has 1 amide bonds. The Morgan fingerprint density at radius 2 is 2.04 bits per heavy atom. The van der Waals surface area contributed by atoms with Crippen LogP contribution in [0.5, 0.6) is 0 Å². The first-order valence-electron chi connectivity index (χ1n) is 9.36. The fraction of sp³-hybridized carbons (Fsp3) is 0.227. The predicted molar refractivity (Wildman–Crippen MR) is 105 cm³/mol. The molecule has 0 saturated heterocycles. The van der Waals surface area contributed by atoms with Gasteiger partial charge in [-0.2, -0.15) is 0 Å². The minimum atomic E-state index is -0.0780. The Morgan fingerprint density at radius 3 is 2.86 bits per heavy atom. The molecule has 1 atom stereocenters. The zero-order valence-electron chi connectivity index (χ0n) is 15.8. The molecule has 140 valence electrons. The van der Waals surface area contributed by atoms with Gasteiger partial charge in [-0.15, -0.1) is 0 Å². The van der Waals surface area contributed by atoms with Gasteiger partial charge >= 0.3 is 0 Å². The van der Waals surface area contributed by atoms with E-state index in [1.54, 1.807) is 12.5 Å². The summed E-state index contributed by atoms with van der Waals surface area (Å²) in [6.45, 7) is 3.96. The van der Waals surface area contributed by atoms with Crippen molar-refractivity contribution in [3.63, 3.8) is 0 Å². The summed E-state index contributed by atoms with van der Waals surface area (Å²) in [7, 11) is 0. The molecule has 1 aliphatic carbocycles. The highest BCUT2D eigenvalue weighted by molar-refractivity contribution is 6.00. The minimum absolute atomic E-state index is 0.0724. The highest BCUT2D eigenvalue weighted by Crippen LogP contribution is 2.28. The summed E-state index contributed by atoms with van der Waals surface area (Å²) in [6, 6.07) is 10.1. The summed E-state index contributed by atoms with van der Waals surface area (Å²) in [5.74, 6) is 0.540. The molecule has 0 fully saturated rings. The molecule has 0 aliphatic heterocycles. The minimum Gasteiger partial charge on any atom is -0.445 e. The number of benzene rings is 1. The van der Waals surface area contributed by atoms with Crippen LogP contribution in [0.3, 0.4) is 0 Å². The number of rotatable bonds is 3. The van der Waals surface area contributed by atoms with Crippen molar-refractivity contribution < 1.29 is 9.21 Å². The Bertz CT molecular complexity index is 1190. The highest BCUT2D eigenvalue weighted by atomic mass is 16.3. The zero-order chi connectivity index (χ0) is 19.3. The molecule has 1 N–H and O–H groups in total. The Kier molecular flexibility index (Phi) is 3.79. The van der Waals surface area contributed by atoms with Crippen molar-refractivity contribution >= 4 is 11.6 Å². The van der Waals surface area contributed by atoms with Crippen molar-refractivity contribution in [3.05, 3.63) is 77.1 Å². The van der Waals surface area contributed by atoms with E-state index in [9.17, 15) is 4.79 Å². The first-order valence-corrected chi connectivity index (χ1v) is 9.36. The smallest absolute Gasteiger partial charge is 0.255 e. The summed E-state index contributed by atoms with van der Waals surface area (Å²) in [6.07, 6.45) is 6.74. The van der Waals surface area contributed by atoms with Crippen LogP contribution in [0, 0.1) is 13.8 Å². The Morgan fingerprint density at radius 1 is 1.18 bits per heavy atom. The Labute approximate surface area is 162 Å². The predicted octanol–water partition coefficient (Wildman–Crippen LogP) is 3.50. The van der Waals surface area contributed by atoms with E-state index >= 15 is 0 Å². The van der Waals surface area contributed by atoms with Gasteiger partial charge in [0.2, 0.25) is 5.89 Å². The third-order valence-electron chi connectivity index (χ3n) is 5.34. The van der Waals surface area contributed by atoms with Gasteiger partial charge in [-0.3, -0.25) is 4.79 Å². The van der Waals surface area contributed by atoms with Crippen molar-refractivity contribution in [2.45, 2.75) is 32.7 Å². The van der Waals surface area contributed by atoms with Crippen LogP contribution in [-0.4, -0.2) is 26.3 Å². The summed E-state index contributed by atoms with van der Waals surface area (Å²) >= 11 is 0. The molecule has 6 nitrogen and oxygen atoms in total. The molecule has 4 aromatic rings. The lowest BCUT2D eigenvalue weighted by atomic mass is 10.1. The summed E-state index contributed by atoms with van der Waals surface area (Å²) < 4.78 is 7.34. The van der Waals surface area contributed by atoms with E-state index in [2.05, 4.69) is 27.4 Å². The van der Waals surface area contributed by atoms with E-state index < -0.39 is 0 Å². The second kappa shape index (κ2) is 6.34. The maximum Gasteiger partial charge on any atom is 0.255 e. The van der Waals surface area contributed by atoms with Crippen LogP contribution in [0.25, 0.3) is 17.1 Å².